The Bertz CT molecular complexity index is 1650. The second kappa shape index (κ2) is 65.1. The van der Waals surface area contributed by atoms with E-state index in [0.717, 1.165) is 83.5 Å². The maximum atomic E-state index is 13.1. The second-order valence-corrected chi connectivity index (χ2v) is 27.0. The Morgan fingerprint density at radius 2 is 0.726 bits per heavy atom. The highest BCUT2D eigenvalue weighted by atomic mass is 31.2. The number of aliphatic hydroxyl groups is 1. The summed E-state index contributed by atoms with van der Waals surface area (Å²) < 4.78 is 23.6. The van der Waals surface area contributed by atoms with E-state index in [9.17, 15) is 19.4 Å². The van der Waals surface area contributed by atoms with Gasteiger partial charge in [-0.2, -0.15) is 0 Å². The zero-order chi connectivity index (χ0) is 61.2. The lowest BCUT2D eigenvalue weighted by atomic mass is 10.0. The molecule has 9 heteroatoms. The molecule has 0 spiro atoms. The molecule has 8 nitrogen and oxygen atoms in total. The number of hydrogen-bond acceptors (Lipinski definition) is 6. The maximum absolute atomic E-state index is 13.1. The van der Waals surface area contributed by atoms with Gasteiger partial charge in [0.05, 0.1) is 39.9 Å². The van der Waals surface area contributed by atoms with Crippen LogP contribution in [-0.2, 0) is 18.4 Å². The van der Waals surface area contributed by atoms with Gasteiger partial charge in [0.2, 0.25) is 5.91 Å². The zero-order valence-corrected chi connectivity index (χ0v) is 57.0. The lowest BCUT2D eigenvalue weighted by Gasteiger charge is -2.30. The number of quaternary nitrogens is 1. The maximum Gasteiger partial charge on any atom is 0.268 e. The molecule has 0 rings (SSSR count). The van der Waals surface area contributed by atoms with Crippen LogP contribution in [-0.4, -0.2) is 68.5 Å². The smallest absolute Gasteiger partial charge is 0.268 e. The van der Waals surface area contributed by atoms with E-state index in [1.54, 1.807) is 0 Å². The van der Waals surface area contributed by atoms with Crippen LogP contribution < -0.4 is 10.2 Å². The predicted octanol–water partition coefficient (Wildman–Crippen LogP) is 22.5. The van der Waals surface area contributed by atoms with Crippen molar-refractivity contribution in [1.29, 1.82) is 0 Å². The average molecular weight is 1200 g/mol. The van der Waals surface area contributed by atoms with E-state index in [-0.39, 0.29) is 19.1 Å². The van der Waals surface area contributed by atoms with Gasteiger partial charge in [0.1, 0.15) is 13.2 Å². The van der Waals surface area contributed by atoms with Gasteiger partial charge in [-0.1, -0.05) is 343 Å². The van der Waals surface area contributed by atoms with Crippen LogP contribution in [0, 0.1) is 0 Å². The van der Waals surface area contributed by atoms with Crippen LogP contribution >= 0.6 is 7.82 Å². The lowest BCUT2D eigenvalue weighted by Crippen LogP contribution is -2.46. The molecule has 0 heterocycles. The van der Waals surface area contributed by atoms with Crippen LogP contribution in [0.2, 0.25) is 0 Å². The van der Waals surface area contributed by atoms with E-state index in [0.29, 0.717) is 23.9 Å². The molecule has 0 aromatic heterocycles. The minimum absolute atomic E-state index is 0.00918. The molecule has 0 aliphatic carbocycles. The van der Waals surface area contributed by atoms with Crippen molar-refractivity contribution in [2.45, 2.75) is 347 Å². The number of phosphoric ester groups is 1. The summed E-state index contributed by atoms with van der Waals surface area (Å²) in [6.07, 6.45) is 92.3. The summed E-state index contributed by atoms with van der Waals surface area (Å²) in [6, 6.07) is -0.809. The van der Waals surface area contributed by atoms with Crippen molar-refractivity contribution in [3.8, 4) is 0 Å². The Hall–Kier alpha value is -2.32. The van der Waals surface area contributed by atoms with Crippen molar-refractivity contribution in [2.75, 3.05) is 40.9 Å². The highest BCUT2D eigenvalue weighted by molar-refractivity contribution is 7.45. The Kier molecular flexibility index (Phi) is 63.3. The van der Waals surface area contributed by atoms with Crippen LogP contribution in [0.25, 0.3) is 0 Å². The number of rotatable bonds is 66. The third kappa shape index (κ3) is 67.2. The van der Waals surface area contributed by atoms with Gasteiger partial charge in [-0.25, -0.2) is 0 Å². The first kappa shape index (κ1) is 81.7. The Morgan fingerprint density at radius 1 is 0.429 bits per heavy atom. The summed E-state index contributed by atoms with van der Waals surface area (Å²) in [6.45, 7) is 4.64. The fraction of sp³-hybridized carbons (Fsp3) is 0.800. The van der Waals surface area contributed by atoms with Crippen molar-refractivity contribution >= 4 is 13.7 Å². The standard InChI is InChI=1S/C75H139N2O6P/c1-6-8-10-12-14-16-18-20-22-24-26-28-30-32-34-36-37-38-39-41-43-45-47-49-51-53-55-57-59-61-63-65-67-69-75(79)76-73(72-83-84(80,81)82-71-70-77(3,4)5)74(78)68-66-64-62-60-58-56-54-52-50-48-46-44-42-40-35-33-31-29-27-25-23-21-19-17-15-13-11-9-7-2/h8,10,14,16,20,22,26,28,32,34,37-38,41,43,73-74,78H,6-7,9,11-13,15,17-19,21,23-25,27,29-31,33,35-36,39-40,42,44-72H2,1-5H3,(H-,76,79,80,81)/b10-8-,16-14-,22-20-,28-26-,34-32-,38-37-,43-41-. The number of aliphatic hydroxyl groups excluding tert-OH is 1. The molecule has 0 fully saturated rings. The third-order valence-electron chi connectivity index (χ3n) is 16.1. The molecule has 0 radical (unpaired) electrons. The molecular weight excluding hydrogens is 1060 g/mol. The molecule has 3 unspecified atom stereocenters. The quantitative estimate of drug-likeness (QED) is 0.0272. The molecule has 3 atom stereocenters. The summed E-state index contributed by atoms with van der Waals surface area (Å²) in [7, 11) is 1.31. The molecule has 0 aromatic rings. The average Bonchev–Trinajstić information content (AvgIpc) is 3.56. The molecule has 1 amide bonds. The molecule has 0 aliphatic rings. The molecule has 0 saturated heterocycles. The van der Waals surface area contributed by atoms with Crippen LogP contribution in [0.4, 0.5) is 0 Å². The Balaban J connectivity index is 4.06. The fourth-order valence-electron chi connectivity index (χ4n) is 10.6. The van der Waals surface area contributed by atoms with Crippen LogP contribution in [0.15, 0.2) is 85.1 Å². The minimum Gasteiger partial charge on any atom is -0.756 e. The molecule has 490 valence electrons. The van der Waals surface area contributed by atoms with E-state index in [1.165, 1.54) is 225 Å². The monoisotopic (exact) mass is 1200 g/mol. The van der Waals surface area contributed by atoms with Gasteiger partial charge >= 0.3 is 0 Å². The number of carbonyl (C=O) groups excluding carboxylic acids is 1. The second-order valence-electron chi connectivity index (χ2n) is 25.6. The SMILES string of the molecule is CC/C=C\C/C=C\C/C=C\C/C=C\C/C=C\C/C=C\C/C=C\CCCCCCCCCCCCCC(=O)NC(COP(=O)([O-])OCC[N+](C)(C)C)C(O)CCCCCCCCCCCCCCCCCCCCCCCCCCCCCCC. The van der Waals surface area contributed by atoms with Gasteiger partial charge in [0, 0.05) is 6.42 Å². The van der Waals surface area contributed by atoms with Crippen LogP contribution in [0.3, 0.4) is 0 Å². The molecule has 0 aliphatic heterocycles. The zero-order valence-electron chi connectivity index (χ0n) is 56.1. The summed E-state index contributed by atoms with van der Waals surface area (Å²) in [5.74, 6) is -0.166. The van der Waals surface area contributed by atoms with Crippen LogP contribution in [0.1, 0.15) is 335 Å². The van der Waals surface area contributed by atoms with E-state index in [1.807, 2.05) is 21.1 Å². The summed E-state index contributed by atoms with van der Waals surface area (Å²) in [5.41, 5.74) is 0. The van der Waals surface area contributed by atoms with E-state index in [2.05, 4.69) is 104 Å². The van der Waals surface area contributed by atoms with Gasteiger partial charge in [-0.3, -0.25) is 9.36 Å². The van der Waals surface area contributed by atoms with E-state index in [4.69, 9.17) is 9.05 Å². The molecule has 0 aromatic carbocycles. The van der Waals surface area contributed by atoms with Crippen molar-refractivity contribution in [3.63, 3.8) is 0 Å². The number of unbranched alkanes of at least 4 members (excludes halogenated alkanes) is 39. The predicted molar refractivity (Wildman–Crippen MR) is 367 cm³/mol. The number of likely N-dealkylation sites (N-methyl/N-ethyl adjacent to an activating group) is 1. The van der Waals surface area contributed by atoms with E-state index < -0.39 is 20.0 Å². The number of nitrogens with one attached hydrogen (secondary N) is 1. The van der Waals surface area contributed by atoms with Crippen LogP contribution in [0.5, 0.6) is 0 Å². The first-order valence-corrected chi connectivity index (χ1v) is 37.4. The number of hydrogen-bond donors (Lipinski definition) is 2. The topological polar surface area (TPSA) is 108 Å². The highest BCUT2D eigenvalue weighted by Crippen LogP contribution is 2.38. The van der Waals surface area contributed by atoms with Gasteiger partial charge in [0.25, 0.3) is 7.82 Å². The summed E-state index contributed by atoms with van der Waals surface area (Å²) >= 11 is 0. The highest BCUT2D eigenvalue weighted by Gasteiger charge is 2.24. The fourth-order valence-corrected chi connectivity index (χ4v) is 11.3. The number of carbonyl (C=O) groups is 1. The normalized spacial score (nSPS) is 14.1. The molecule has 2 N–H and O–H groups in total. The minimum atomic E-state index is -4.59. The van der Waals surface area contributed by atoms with Crippen molar-refractivity contribution in [1.82, 2.24) is 5.32 Å². The van der Waals surface area contributed by atoms with Gasteiger partial charge < -0.3 is 28.8 Å². The van der Waals surface area contributed by atoms with Gasteiger partial charge in [0.15, 0.2) is 0 Å². The van der Waals surface area contributed by atoms with Crippen molar-refractivity contribution in [2.24, 2.45) is 0 Å². The number of allylic oxidation sites excluding steroid dienone is 14. The summed E-state index contributed by atoms with van der Waals surface area (Å²) in [5, 5.41) is 14.1. The Labute approximate surface area is 522 Å². The largest absolute Gasteiger partial charge is 0.756 e. The number of amides is 1. The lowest BCUT2D eigenvalue weighted by molar-refractivity contribution is -0.870. The Morgan fingerprint density at radius 3 is 1.06 bits per heavy atom. The first-order chi connectivity index (χ1) is 41.0. The van der Waals surface area contributed by atoms with Crippen molar-refractivity contribution in [3.05, 3.63) is 85.1 Å². The van der Waals surface area contributed by atoms with E-state index >= 15 is 0 Å². The number of nitrogens with zero attached hydrogens (tertiary/aromatic N) is 1. The molecular formula is C75H139N2O6P. The van der Waals surface area contributed by atoms with Gasteiger partial charge in [-0.05, 0) is 70.6 Å². The molecule has 0 bridgehead atoms. The third-order valence-corrected chi connectivity index (χ3v) is 17.1. The summed E-state index contributed by atoms with van der Waals surface area (Å²) in [4.78, 5) is 25.7. The van der Waals surface area contributed by atoms with Gasteiger partial charge in [-0.15, -0.1) is 0 Å². The molecule has 0 saturated carbocycles. The molecule has 84 heavy (non-hydrogen) atoms. The first-order valence-electron chi connectivity index (χ1n) is 35.9. The number of phosphoric acid groups is 1. The van der Waals surface area contributed by atoms with Crippen molar-refractivity contribution < 1.29 is 32.9 Å².